The van der Waals surface area contributed by atoms with Gasteiger partial charge >= 0.3 is 0 Å². The molecule has 1 nitrogen and oxygen atoms in total. The molecule has 0 bridgehead atoms. The van der Waals surface area contributed by atoms with Crippen LogP contribution in [0.1, 0.15) is 33.1 Å². The molecular formula is C14H16Br2F2O. The normalized spacial score (nSPS) is 24.9. The largest absolute Gasteiger partial charge is 0.487 e. The molecule has 1 aliphatic carbocycles. The third kappa shape index (κ3) is 2.56. The third-order valence-electron chi connectivity index (χ3n) is 4.23. The molecule has 0 aliphatic heterocycles. The first-order valence-electron chi connectivity index (χ1n) is 6.39. The maximum absolute atomic E-state index is 13.7. The summed E-state index contributed by atoms with van der Waals surface area (Å²) in [7, 11) is 0. The van der Waals surface area contributed by atoms with Crippen molar-refractivity contribution in [1.82, 2.24) is 0 Å². The zero-order valence-corrected chi connectivity index (χ0v) is 14.0. The van der Waals surface area contributed by atoms with Crippen molar-refractivity contribution in [2.75, 3.05) is 0 Å². The van der Waals surface area contributed by atoms with E-state index in [4.69, 9.17) is 4.74 Å². The van der Waals surface area contributed by atoms with Gasteiger partial charge in [-0.3, -0.25) is 0 Å². The predicted molar refractivity (Wildman–Crippen MR) is 78.8 cm³/mol. The summed E-state index contributed by atoms with van der Waals surface area (Å²) in [5.74, 6) is -1.82. The van der Waals surface area contributed by atoms with Crippen molar-refractivity contribution >= 4 is 31.9 Å². The highest BCUT2D eigenvalue weighted by Crippen LogP contribution is 2.53. The number of hydrogen-bond donors (Lipinski definition) is 0. The lowest BCUT2D eigenvalue weighted by atomic mass is 9.62. The molecule has 1 aliphatic rings. The third-order valence-corrected chi connectivity index (χ3v) is 5.97. The van der Waals surface area contributed by atoms with Crippen molar-refractivity contribution in [3.63, 3.8) is 0 Å². The molecule has 0 radical (unpaired) electrons. The first kappa shape index (κ1) is 15.2. The number of benzene rings is 1. The van der Waals surface area contributed by atoms with Crippen LogP contribution < -0.4 is 4.74 Å². The second-order valence-corrected chi connectivity index (χ2v) is 6.97. The highest BCUT2D eigenvalue weighted by atomic mass is 79.9. The van der Waals surface area contributed by atoms with Crippen molar-refractivity contribution in [2.45, 2.75) is 44.0 Å². The first-order valence-corrected chi connectivity index (χ1v) is 8.10. The summed E-state index contributed by atoms with van der Waals surface area (Å²) in [4.78, 5) is 0.375. The highest BCUT2D eigenvalue weighted by molar-refractivity contribution is 9.10. The lowest BCUT2D eigenvalue weighted by Crippen LogP contribution is -2.56. The summed E-state index contributed by atoms with van der Waals surface area (Å²) >= 11 is 6.80. The monoisotopic (exact) mass is 396 g/mol. The minimum absolute atomic E-state index is 0.00519. The molecule has 106 valence electrons. The maximum Gasteiger partial charge on any atom is 0.200 e. The van der Waals surface area contributed by atoms with Gasteiger partial charge in [0.1, 0.15) is 6.10 Å². The van der Waals surface area contributed by atoms with Gasteiger partial charge in [0.15, 0.2) is 11.6 Å². The Labute approximate surface area is 129 Å². The predicted octanol–water partition coefficient (Wildman–Crippen LogP) is 5.45. The fourth-order valence-corrected chi connectivity index (χ4v) is 4.47. The van der Waals surface area contributed by atoms with Crippen molar-refractivity contribution in [3.8, 4) is 5.75 Å². The van der Waals surface area contributed by atoms with E-state index in [1.165, 1.54) is 6.07 Å². The number of ether oxygens (including phenoxy) is 1. The minimum atomic E-state index is -0.915. The second-order valence-electron chi connectivity index (χ2n) is 4.95. The van der Waals surface area contributed by atoms with Crippen molar-refractivity contribution in [1.29, 1.82) is 0 Å². The molecule has 2 atom stereocenters. The van der Waals surface area contributed by atoms with Crippen LogP contribution in [0.2, 0.25) is 0 Å². The molecule has 0 aromatic heterocycles. The Morgan fingerprint density at radius 1 is 1.32 bits per heavy atom. The van der Waals surface area contributed by atoms with Crippen LogP contribution in [-0.4, -0.2) is 10.9 Å². The molecule has 0 heterocycles. The van der Waals surface area contributed by atoms with E-state index >= 15 is 0 Å². The molecular weight excluding hydrogens is 382 g/mol. The Morgan fingerprint density at radius 3 is 2.47 bits per heavy atom. The molecule has 5 heteroatoms. The van der Waals surface area contributed by atoms with Gasteiger partial charge in [0.2, 0.25) is 5.82 Å². The van der Waals surface area contributed by atoms with Gasteiger partial charge in [-0.25, -0.2) is 4.39 Å². The van der Waals surface area contributed by atoms with Gasteiger partial charge in [-0.2, -0.15) is 4.39 Å². The fraction of sp³-hybridized carbons (Fsp3) is 0.571. The van der Waals surface area contributed by atoms with Crippen LogP contribution in [0.5, 0.6) is 5.75 Å². The first-order chi connectivity index (χ1) is 8.94. The molecule has 1 aromatic rings. The lowest BCUT2D eigenvalue weighted by molar-refractivity contribution is -0.0432. The average molecular weight is 398 g/mol. The van der Waals surface area contributed by atoms with E-state index in [0.29, 0.717) is 9.30 Å². The van der Waals surface area contributed by atoms with E-state index in [1.807, 2.05) is 0 Å². The molecule has 1 aromatic carbocycles. The van der Waals surface area contributed by atoms with Crippen LogP contribution in [-0.2, 0) is 0 Å². The summed E-state index contributed by atoms with van der Waals surface area (Å²) < 4.78 is 33.3. The second kappa shape index (κ2) is 5.68. The van der Waals surface area contributed by atoms with Crippen molar-refractivity contribution in [2.24, 2.45) is 5.41 Å². The van der Waals surface area contributed by atoms with Crippen LogP contribution in [0, 0.1) is 17.0 Å². The molecule has 2 rings (SSSR count). The highest BCUT2D eigenvalue weighted by Gasteiger charge is 2.53. The molecule has 1 saturated carbocycles. The number of rotatable bonds is 4. The van der Waals surface area contributed by atoms with Crippen molar-refractivity contribution in [3.05, 3.63) is 28.2 Å². The lowest BCUT2D eigenvalue weighted by Gasteiger charge is -2.52. The van der Waals surface area contributed by atoms with Gasteiger partial charge in [0, 0.05) is 14.7 Å². The van der Waals surface area contributed by atoms with Crippen LogP contribution in [0.4, 0.5) is 8.78 Å². The van der Waals surface area contributed by atoms with Gasteiger partial charge in [0.05, 0.1) is 0 Å². The Kier molecular flexibility index (Phi) is 4.56. The zero-order valence-electron chi connectivity index (χ0n) is 10.9. The zero-order chi connectivity index (χ0) is 14.2. The Hall–Kier alpha value is -0.160. The summed E-state index contributed by atoms with van der Waals surface area (Å²) in [5.41, 5.74) is 0.00519. The quantitative estimate of drug-likeness (QED) is 0.485. The molecule has 0 N–H and O–H groups in total. The molecule has 0 spiro atoms. The van der Waals surface area contributed by atoms with Crippen LogP contribution in [0.15, 0.2) is 16.6 Å². The summed E-state index contributed by atoms with van der Waals surface area (Å²) in [6.07, 6.45) is 2.63. The van der Waals surface area contributed by atoms with E-state index in [0.717, 1.165) is 25.3 Å². The van der Waals surface area contributed by atoms with E-state index < -0.39 is 11.6 Å². The molecule has 0 saturated heterocycles. The van der Waals surface area contributed by atoms with E-state index in [9.17, 15) is 8.78 Å². The fourth-order valence-electron chi connectivity index (χ4n) is 2.78. The van der Waals surface area contributed by atoms with Crippen molar-refractivity contribution < 1.29 is 13.5 Å². The number of hydrogen-bond acceptors (Lipinski definition) is 1. The number of alkyl halides is 1. The summed E-state index contributed by atoms with van der Waals surface area (Å²) in [6.45, 7) is 4.20. The summed E-state index contributed by atoms with van der Waals surface area (Å²) in [5, 5.41) is 0. The Morgan fingerprint density at radius 2 is 1.95 bits per heavy atom. The minimum Gasteiger partial charge on any atom is -0.487 e. The van der Waals surface area contributed by atoms with E-state index in [-0.39, 0.29) is 17.3 Å². The topological polar surface area (TPSA) is 9.23 Å². The maximum atomic E-state index is 13.7. The Bertz CT molecular complexity index is 475. The van der Waals surface area contributed by atoms with Gasteiger partial charge in [-0.1, -0.05) is 45.7 Å². The van der Waals surface area contributed by atoms with Crippen LogP contribution in [0.25, 0.3) is 0 Å². The summed E-state index contributed by atoms with van der Waals surface area (Å²) in [6, 6.07) is 2.58. The standard InChI is InChI=1S/C14H16Br2F2O/c1-3-14(4-2)11(16)7-12(14)19-10-6-8(15)5-9(17)13(10)18/h5-6,11-12H,3-4,7H2,1-2H3. The van der Waals surface area contributed by atoms with Crippen LogP contribution >= 0.6 is 31.9 Å². The van der Waals surface area contributed by atoms with Gasteiger partial charge in [-0.15, -0.1) is 0 Å². The smallest absolute Gasteiger partial charge is 0.200 e. The molecule has 2 unspecified atom stereocenters. The number of halogens is 4. The van der Waals surface area contributed by atoms with Crippen LogP contribution in [0.3, 0.4) is 0 Å². The molecule has 19 heavy (non-hydrogen) atoms. The van der Waals surface area contributed by atoms with Gasteiger partial charge in [0.25, 0.3) is 0 Å². The average Bonchev–Trinajstić information content (AvgIpc) is 2.36. The van der Waals surface area contributed by atoms with E-state index in [1.54, 1.807) is 0 Å². The van der Waals surface area contributed by atoms with Gasteiger partial charge < -0.3 is 4.74 Å². The molecule has 0 amide bonds. The molecule has 1 fully saturated rings. The SMILES string of the molecule is CCC1(CC)C(Br)CC1Oc1cc(Br)cc(F)c1F. The Balaban J connectivity index is 2.23. The van der Waals surface area contributed by atoms with E-state index in [2.05, 4.69) is 45.7 Å². The van der Waals surface area contributed by atoms with Gasteiger partial charge in [-0.05, 0) is 31.4 Å².